The summed E-state index contributed by atoms with van der Waals surface area (Å²) in [6.07, 6.45) is 5.09. The summed E-state index contributed by atoms with van der Waals surface area (Å²) in [4.78, 5) is 4.89. The van der Waals surface area contributed by atoms with Gasteiger partial charge < -0.3 is 4.57 Å². The number of nitrogens with zero attached hydrogens (tertiary/aromatic N) is 2. The van der Waals surface area contributed by atoms with Gasteiger partial charge in [-0.2, -0.15) is 0 Å². The van der Waals surface area contributed by atoms with Gasteiger partial charge in [0.25, 0.3) is 0 Å². The van der Waals surface area contributed by atoms with Crippen molar-refractivity contribution in [3.8, 4) is 11.4 Å². The Bertz CT molecular complexity index is 755. The lowest BCUT2D eigenvalue weighted by molar-refractivity contribution is 0.594. The van der Waals surface area contributed by atoms with Crippen LogP contribution in [0.4, 0.5) is 0 Å². The van der Waals surface area contributed by atoms with E-state index in [-0.39, 0.29) is 0 Å². The molecular weight excluding hydrogens is 268 g/mol. The van der Waals surface area contributed by atoms with Gasteiger partial charge in [-0.15, -0.1) is 0 Å². The van der Waals surface area contributed by atoms with E-state index in [1.165, 1.54) is 42.3 Å². The first-order valence-electron chi connectivity index (χ1n) is 8.32. The number of aromatic nitrogens is 2. The summed E-state index contributed by atoms with van der Waals surface area (Å²) in [5, 5.41) is 0. The molecule has 2 nitrogen and oxygen atoms in total. The largest absolute Gasteiger partial charge is 0.324 e. The summed E-state index contributed by atoms with van der Waals surface area (Å²) in [7, 11) is 0. The van der Waals surface area contributed by atoms with Gasteiger partial charge in [-0.3, -0.25) is 0 Å². The van der Waals surface area contributed by atoms with Crippen molar-refractivity contribution in [3.63, 3.8) is 0 Å². The molecule has 1 heterocycles. The Balaban J connectivity index is 2.00. The molecule has 0 unspecified atom stereocenters. The highest BCUT2D eigenvalue weighted by molar-refractivity contribution is 5.80. The van der Waals surface area contributed by atoms with Crippen LogP contribution in [-0.4, -0.2) is 9.55 Å². The van der Waals surface area contributed by atoms with Crippen LogP contribution in [0.5, 0.6) is 0 Å². The first kappa shape index (κ1) is 14.8. The molecule has 0 N–H and O–H groups in total. The lowest BCUT2D eigenvalue weighted by Gasteiger charge is -2.09. The van der Waals surface area contributed by atoms with Crippen LogP contribution < -0.4 is 0 Å². The lowest BCUT2D eigenvalue weighted by atomic mass is 10.1. The quantitative estimate of drug-likeness (QED) is 0.541. The average molecular weight is 292 g/mol. The highest BCUT2D eigenvalue weighted by atomic mass is 15.1. The molecule has 0 radical (unpaired) electrons. The molecule has 3 aromatic rings. The van der Waals surface area contributed by atoms with E-state index in [0.29, 0.717) is 0 Å². The van der Waals surface area contributed by atoms with Gasteiger partial charge in [0.1, 0.15) is 5.82 Å². The summed E-state index contributed by atoms with van der Waals surface area (Å²) in [5.41, 5.74) is 4.83. The van der Waals surface area contributed by atoms with Crippen LogP contribution >= 0.6 is 0 Å². The van der Waals surface area contributed by atoms with Crippen LogP contribution in [-0.2, 0) is 6.54 Å². The SMILES string of the molecule is CCCCCCn1c(-c2cccc(C)c2)nc2ccccc21. The summed E-state index contributed by atoms with van der Waals surface area (Å²) < 4.78 is 2.39. The van der Waals surface area contributed by atoms with Gasteiger partial charge in [-0.05, 0) is 31.5 Å². The monoisotopic (exact) mass is 292 g/mol. The van der Waals surface area contributed by atoms with Gasteiger partial charge in [-0.25, -0.2) is 4.98 Å². The predicted octanol–water partition coefficient (Wildman–Crippen LogP) is 5.59. The minimum absolute atomic E-state index is 1.05. The fraction of sp³-hybridized carbons (Fsp3) is 0.350. The number of benzene rings is 2. The third kappa shape index (κ3) is 3.06. The third-order valence-electron chi connectivity index (χ3n) is 4.17. The van der Waals surface area contributed by atoms with Crippen molar-refractivity contribution in [1.82, 2.24) is 9.55 Å². The maximum Gasteiger partial charge on any atom is 0.141 e. The van der Waals surface area contributed by atoms with Crippen LogP contribution in [0, 0.1) is 6.92 Å². The Morgan fingerprint density at radius 3 is 2.64 bits per heavy atom. The zero-order chi connectivity index (χ0) is 15.4. The molecule has 0 spiro atoms. The molecule has 2 aromatic carbocycles. The fourth-order valence-corrected chi connectivity index (χ4v) is 3.00. The second-order valence-electron chi connectivity index (χ2n) is 6.01. The molecule has 0 aliphatic heterocycles. The molecule has 0 bridgehead atoms. The van der Waals surface area contributed by atoms with E-state index in [2.05, 4.69) is 66.9 Å². The summed E-state index contributed by atoms with van der Waals surface area (Å²) in [6.45, 7) is 5.44. The minimum Gasteiger partial charge on any atom is -0.324 e. The van der Waals surface area contributed by atoms with E-state index in [4.69, 9.17) is 4.98 Å². The molecule has 2 heteroatoms. The van der Waals surface area contributed by atoms with E-state index >= 15 is 0 Å². The number of imidazole rings is 1. The van der Waals surface area contributed by atoms with Gasteiger partial charge in [-0.1, -0.05) is 62.1 Å². The maximum atomic E-state index is 4.89. The van der Waals surface area contributed by atoms with Crippen molar-refractivity contribution in [2.45, 2.75) is 46.1 Å². The summed E-state index contributed by atoms with van der Waals surface area (Å²) in [6, 6.07) is 17.1. The molecule has 3 rings (SSSR count). The molecule has 0 saturated heterocycles. The Morgan fingerprint density at radius 1 is 0.955 bits per heavy atom. The number of para-hydroxylation sites is 2. The molecule has 0 aliphatic carbocycles. The molecule has 22 heavy (non-hydrogen) atoms. The Hall–Kier alpha value is -2.09. The van der Waals surface area contributed by atoms with Crippen molar-refractivity contribution in [3.05, 3.63) is 54.1 Å². The first-order valence-corrected chi connectivity index (χ1v) is 8.32. The predicted molar refractivity (Wildman–Crippen MR) is 94.0 cm³/mol. The topological polar surface area (TPSA) is 17.8 Å². The minimum atomic E-state index is 1.05. The van der Waals surface area contributed by atoms with Gasteiger partial charge in [0.15, 0.2) is 0 Å². The van der Waals surface area contributed by atoms with Crippen LogP contribution in [0.3, 0.4) is 0 Å². The Morgan fingerprint density at radius 2 is 1.82 bits per heavy atom. The average Bonchev–Trinajstić information content (AvgIpc) is 2.90. The third-order valence-corrected chi connectivity index (χ3v) is 4.17. The van der Waals surface area contributed by atoms with Gasteiger partial charge in [0.05, 0.1) is 11.0 Å². The normalized spacial score (nSPS) is 11.2. The second-order valence-corrected chi connectivity index (χ2v) is 6.01. The molecule has 0 amide bonds. The number of unbranched alkanes of at least 4 members (excludes halogenated alkanes) is 3. The van der Waals surface area contributed by atoms with E-state index in [0.717, 1.165) is 17.9 Å². The molecule has 1 aromatic heterocycles. The summed E-state index contributed by atoms with van der Waals surface area (Å²) >= 11 is 0. The number of aryl methyl sites for hydroxylation is 2. The van der Waals surface area contributed by atoms with E-state index in [1.807, 2.05) is 0 Å². The van der Waals surface area contributed by atoms with Crippen LogP contribution in [0.15, 0.2) is 48.5 Å². The number of hydrogen-bond donors (Lipinski definition) is 0. The highest BCUT2D eigenvalue weighted by Crippen LogP contribution is 2.26. The van der Waals surface area contributed by atoms with Crippen LogP contribution in [0.1, 0.15) is 38.2 Å². The molecule has 0 atom stereocenters. The number of fused-ring (bicyclic) bond motifs is 1. The molecule has 0 fully saturated rings. The van der Waals surface area contributed by atoms with Crippen molar-refractivity contribution in [2.75, 3.05) is 0 Å². The zero-order valence-electron chi connectivity index (χ0n) is 13.5. The molecule has 0 aliphatic rings. The lowest BCUT2D eigenvalue weighted by Crippen LogP contribution is -2.01. The maximum absolute atomic E-state index is 4.89. The van der Waals surface area contributed by atoms with Crippen LogP contribution in [0.25, 0.3) is 22.4 Å². The van der Waals surface area contributed by atoms with E-state index in [9.17, 15) is 0 Å². The molecule has 114 valence electrons. The highest BCUT2D eigenvalue weighted by Gasteiger charge is 2.12. The Kier molecular flexibility index (Phi) is 4.57. The van der Waals surface area contributed by atoms with Crippen LogP contribution in [0.2, 0.25) is 0 Å². The molecule has 0 saturated carbocycles. The Labute approximate surface area is 132 Å². The standard InChI is InChI=1S/C20H24N2/c1-3-4-5-8-14-22-19-13-7-6-12-18(19)21-20(22)17-11-9-10-16(2)15-17/h6-7,9-13,15H,3-5,8,14H2,1-2H3. The van der Waals surface area contributed by atoms with Gasteiger partial charge in [0, 0.05) is 12.1 Å². The van der Waals surface area contributed by atoms with Crippen molar-refractivity contribution in [2.24, 2.45) is 0 Å². The first-order chi connectivity index (χ1) is 10.8. The van der Waals surface area contributed by atoms with E-state index in [1.54, 1.807) is 0 Å². The molecular formula is C20H24N2. The second kappa shape index (κ2) is 6.78. The van der Waals surface area contributed by atoms with E-state index < -0.39 is 0 Å². The van der Waals surface area contributed by atoms with Crippen molar-refractivity contribution < 1.29 is 0 Å². The van der Waals surface area contributed by atoms with Crippen molar-refractivity contribution >= 4 is 11.0 Å². The van der Waals surface area contributed by atoms with Gasteiger partial charge in [0.2, 0.25) is 0 Å². The number of rotatable bonds is 6. The number of hydrogen-bond acceptors (Lipinski definition) is 1. The van der Waals surface area contributed by atoms with Gasteiger partial charge >= 0.3 is 0 Å². The summed E-state index contributed by atoms with van der Waals surface area (Å²) in [5.74, 6) is 1.10. The van der Waals surface area contributed by atoms with Crippen molar-refractivity contribution in [1.29, 1.82) is 0 Å². The smallest absolute Gasteiger partial charge is 0.141 e. The fourth-order valence-electron chi connectivity index (χ4n) is 3.00. The zero-order valence-corrected chi connectivity index (χ0v) is 13.5.